The zero-order valence-electron chi connectivity index (χ0n) is 10.9. The molecule has 0 aliphatic heterocycles. The Labute approximate surface area is 95.2 Å². The lowest BCUT2D eigenvalue weighted by Crippen LogP contribution is -2.35. The molecular formula is C10H10O6. The van der Waals surface area contributed by atoms with E-state index in [1.165, 1.54) is 24.3 Å². The molecule has 0 unspecified atom stereocenters. The number of para-hydroxylation sites is 2. The van der Waals surface area contributed by atoms with Crippen LogP contribution in [0, 0.1) is 0 Å². The number of carbonyl (C=O) groups is 2. The number of hydrogen-bond acceptors (Lipinski definition) is 4. The standard InChI is InChI=1S/C10H10O6/c1-15-6-4-2-3-5-7(6)16-8(9(11)12)10(13)14/h2-5,8H,1H3,(H,11,12)(H,13,14)/i1D3. The van der Waals surface area contributed by atoms with E-state index in [-0.39, 0.29) is 11.5 Å². The predicted molar refractivity (Wildman–Crippen MR) is 52.7 cm³/mol. The highest BCUT2D eigenvalue weighted by molar-refractivity contribution is 5.96. The minimum atomic E-state index is -2.76. The Morgan fingerprint density at radius 3 is 2.31 bits per heavy atom. The third-order valence-corrected chi connectivity index (χ3v) is 1.65. The van der Waals surface area contributed by atoms with Gasteiger partial charge in [0.1, 0.15) is 0 Å². The van der Waals surface area contributed by atoms with Gasteiger partial charge in [-0.2, -0.15) is 0 Å². The van der Waals surface area contributed by atoms with Crippen LogP contribution in [-0.2, 0) is 9.59 Å². The molecule has 0 spiro atoms. The Kier molecular flexibility index (Phi) is 2.50. The summed E-state index contributed by atoms with van der Waals surface area (Å²) in [5.41, 5.74) is 0. The Bertz CT molecular complexity index is 470. The number of rotatable bonds is 5. The Morgan fingerprint density at radius 1 is 1.25 bits per heavy atom. The van der Waals surface area contributed by atoms with Gasteiger partial charge in [0.05, 0.1) is 11.2 Å². The van der Waals surface area contributed by atoms with Crippen LogP contribution in [0.1, 0.15) is 4.11 Å². The molecule has 16 heavy (non-hydrogen) atoms. The Balaban J connectivity index is 3.00. The van der Waals surface area contributed by atoms with Crippen molar-refractivity contribution in [3.63, 3.8) is 0 Å². The average molecular weight is 229 g/mol. The number of carboxylic acid groups (broad SMARTS) is 2. The molecule has 0 aliphatic rings. The van der Waals surface area contributed by atoms with Gasteiger partial charge in [-0.1, -0.05) is 12.1 Å². The van der Waals surface area contributed by atoms with E-state index in [1.807, 2.05) is 0 Å². The topological polar surface area (TPSA) is 93.1 Å². The molecule has 2 N–H and O–H groups in total. The molecule has 0 aromatic heterocycles. The van der Waals surface area contributed by atoms with Crippen LogP contribution in [0.15, 0.2) is 24.3 Å². The summed E-state index contributed by atoms with van der Waals surface area (Å²) in [6.07, 6.45) is -2.15. The van der Waals surface area contributed by atoms with E-state index in [0.717, 1.165) is 0 Å². The molecule has 6 nitrogen and oxygen atoms in total. The number of benzene rings is 1. The van der Waals surface area contributed by atoms with Crippen molar-refractivity contribution in [2.45, 2.75) is 6.10 Å². The van der Waals surface area contributed by atoms with Crippen molar-refractivity contribution in [3.05, 3.63) is 24.3 Å². The first kappa shape index (κ1) is 7.98. The molecule has 86 valence electrons. The van der Waals surface area contributed by atoms with Crippen molar-refractivity contribution in [3.8, 4) is 11.5 Å². The van der Waals surface area contributed by atoms with Gasteiger partial charge in [0, 0.05) is 0 Å². The quantitative estimate of drug-likeness (QED) is 0.718. The SMILES string of the molecule is [2H]C([2H])([2H])Oc1ccccc1OC(C(=O)O)C(=O)O. The van der Waals surface area contributed by atoms with Crippen molar-refractivity contribution in [2.75, 3.05) is 7.04 Å². The summed E-state index contributed by atoms with van der Waals surface area (Å²) < 4.78 is 30.1. The summed E-state index contributed by atoms with van der Waals surface area (Å²) in [5.74, 6) is -3.98. The first-order valence-electron chi connectivity index (χ1n) is 5.61. The van der Waals surface area contributed by atoms with Crippen molar-refractivity contribution >= 4 is 11.9 Å². The largest absolute Gasteiger partial charge is 0.493 e. The molecule has 0 saturated heterocycles. The highest BCUT2D eigenvalue weighted by atomic mass is 16.6. The van der Waals surface area contributed by atoms with Gasteiger partial charge in [0.15, 0.2) is 11.5 Å². The third-order valence-electron chi connectivity index (χ3n) is 1.65. The van der Waals surface area contributed by atoms with Gasteiger partial charge in [-0.25, -0.2) is 9.59 Å². The van der Waals surface area contributed by atoms with Gasteiger partial charge in [-0.05, 0) is 12.1 Å². The lowest BCUT2D eigenvalue weighted by molar-refractivity contribution is -0.159. The van der Waals surface area contributed by atoms with Crippen molar-refractivity contribution in [1.82, 2.24) is 0 Å². The smallest absolute Gasteiger partial charge is 0.356 e. The van der Waals surface area contributed by atoms with Gasteiger partial charge in [0.25, 0.3) is 6.10 Å². The number of methoxy groups -OCH3 is 1. The van der Waals surface area contributed by atoms with E-state index in [0.29, 0.717) is 0 Å². The molecule has 0 radical (unpaired) electrons. The van der Waals surface area contributed by atoms with E-state index in [4.69, 9.17) is 19.1 Å². The fourth-order valence-corrected chi connectivity index (χ4v) is 0.965. The monoisotopic (exact) mass is 229 g/mol. The van der Waals surface area contributed by atoms with Gasteiger partial charge >= 0.3 is 11.9 Å². The summed E-state index contributed by atoms with van der Waals surface area (Å²) in [6.45, 7) is 0. The number of hydrogen-bond donors (Lipinski definition) is 2. The normalized spacial score (nSPS) is 13.4. The number of ether oxygens (including phenoxy) is 2. The van der Waals surface area contributed by atoms with Crippen molar-refractivity contribution in [1.29, 1.82) is 0 Å². The zero-order valence-corrected chi connectivity index (χ0v) is 7.91. The summed E-state index contributed by atoms with van der Waals surface area (Å²) in [6, 6.07) is 5.29. The zero-order chi connectivity index (χ0) is 14.6. The summed E-state index contributed by atoms with van der Waals surface area (Å²) in [4.78, 5) is 21.4. The molecular weight excluding hydrogens is 216 g/mol. The maximum Gasteiger partial charge on any atom is 0.356 e. The fourth-order valence-electron chi connectivity index (χ4n) is 0.965. The van der Waals surface area contributed by atoms with Crippen molar-refractivity contribution in [2.24, 2.45) is 0 Å². The lowest BCUT2D eigenvalue weighted by atomic mass is 10.3. The second kappa shape index (κ2) is 5.01. The van der Waals surface area contributed by atoms with Crippen LogP contribution in [-0.4, -0.2) is 35.3 Å². The van der Waals surface area contributed by atoms with Gasteiger partial charge < -0.3 is 19.7 Å². The molecule has 0 heterocycles. The van der Waals surface area contributed by atoms with Crippen LogP contribution in [0.3, 0.4) is 0 Å². The molecule has 6 heteroatoms. The predicted octanol–water partition coefficient (Wildman–Crippen LogP) is 0.612. The minimum absolute atomic E-state index is 0.269. The molecule has 0 amide bonds. The lowest BCUT2D eigenvalue weighted by Gasteiger charge is -2.13. The first-order chi connectivity index (χ1) is 8.70. The van der Waals surface area contributed by atoms with E-state index in [9.17, 15) is 9.59 Å². The molecule has 0 bridgehead atoms. The summed E-state index contributed by atoms with van der Waals surface area (Å²) in [7, 11) is -2.76. The van der Waals surface area contributed by atoms with E-state index in [2.05, 4.69) is 4.74 Å². The molecule has 0 aliphatic carbocycles. The second-order valence-electron chi connectivity index (χ2n) is 2.72. The maximum atomic E-state index is 10.7. The van der Waals surface area contributed by atoms with Crippen LogP contribution in [0.2, 0.25) is 0 Å². The molecule has 0 fully saturated rings. The second-order valence-corrected chi connectivity index (χ2v) is 2.72. The molecule has 1 aromatic carbocycles. The van der Waals surface area contributed by atoms with Gasteiger partial charge in [-0.15, -0.1) is 0 Å². The van der Waals surface area contributed by atoms with E-state index >= 15 is 0 Å². The molecule has 0 saturated carbocycles. The molecule has 1 rings (SSSR count). The molecule has 1 aromatic rings. The average Bonchev–Trinajstić information content (AvgIpc) is 2.24. The van der Waals surface area contributed by atoms with Crippen LogP contribution in [0.4, 0.5) is 0 Å². The third kappa shape index (κ3) is 2.63. The fraction of sp³-hybridized carbons (Fsp3) is 0.200. The highest BCUT2D eigenvalue weighted by Crippen LogP contribution is 2.26. The number of carboxylic acids is 2. The Hall–Kier alpha value is -2.24. The summed E-state index contributed by atoms with van der Waals surface area (Å²) in [5, 5.41) is 17.3. The van der Waals surface area contributed by atoms with Crippen LogP contribution >= 0.6 is 0 Å². The molecule has 0 atom stereocenters. The van der Waals surface area contributed by atoms with Crippen molar-refractivity contribution < 1.29 is 33.4 Å². The van der Waals surface area contributed by atoms with Gasteiger partial charge in [-0.3, -0.25) is 0 Å². The van der Waals surface area contributed by atoms with Crippen LogP contribution < -0.4 is 9.47 Å². The summed E-state index contributed by atoms with van der Waals surface area (Å²) >= 11 is 0. The van der Waals surface area contributed by atoms with Crippen LogP contribution in [0.5, 0.6) is 11.5 Å². The maximum absolute atomic E-state index is 10.7. The van der Waals surface area contributed by atoms with E-state index in [1.54, 1.807) is 0 Å². The highest BCUT2D eigenvalue weighted by Gasteiger charge is 2.28. The van der Waals surface area contributed by atoms with Crippen LogP contribution in [0.25, 0.3) is 0 Å². The number of aliphatic carboxylic acids is 2. The van der Waals surface area contributed by atoms with E-state index < -0.39 is 25.1 Å². The minimum Gasteiger partial charge on any atom is -0.493 e. The first-order valence-corrected chi connectivity index (χ1v) is 4.11. The van der Waals surface area contributed by atoms with Gasteiger partial charge in [0.2, 0.25) is 0 Å². The Morgan fingerprint density at radius 2 is 1.81 bits per heavy atom.